The maximum absolute atomic E-state index is 10.7. The zero-order valence-electron chi connectivity index (χ0n) is 8.11. The van der Waals surface area contributed by atoms with Crippen LogP contribution in [0.2, 0.25) is 0 Å². The molecule has 0 unspecified atom stereocenters. The summed E-state index contributed by atoms with van der Waals surface area (Å²) in [6, 6.07) is 2.98. The monoisotopic (exact) mass is 199 g/mol. The van der Waals surface area contributed by atoms with Gasteiger partial charge in [-0.05, 0) is 6.07 Å². The van der Waals surface area contributed by atoms with Crippen molar-refractivity contribution in [3.63, 3.8) is 0 Å². The van der Waals surface area contributed by atoms with Gasteiger partial charge in [0.05, 0.1) is 6.54 Å². The SMILES string of the molecule is COC(CNc1ccc(=O)[nH]n1)OC. The maximum Gasteiger partial charge on any atom is 0.264 e. The van der Waals surface area contributed by atoms with Crippen LogP contribution in [0.1, 0.15) is 0 Å². The van der Waals surface area contributed by atoms with Crippen LogP contribution in [0.4, 0.5) is 5.82 Å². The van der Waals surface area contributed by atoms with Crippen LogP contribution in [0, 0.1) is 0 Å². The van der Waals surface area contributed by atoms with E-state index in [1.54, 1.807) is 20.3 Å². The minimum atomic E-state index is -0.330. The molecule has 0 aromatic carbocycles. The second-order valence-electron chi connectivity index (χ2n) is 2.59. The summed E-state index contributed by atoms with van der Waals surface area (Å²) in [4.78, 5) is 10.7. The summed E-state index contributed by atoms with van der Waals surface area (Å²) in [5.41, 5.74) is -0.231. The van der Waals surface area contributed by atoms with Gasteiger partial charge >= 0.3 is 0 Å². The maximum atomic E-state index is 10.7. The van der Waals surface area contributed by atoms with Gasteiger partial charge in [0, 0.05) is 20.3 Å². The summed E-state index contributed by atoms with van der Waals surface area (Å²) < 4.78 is 9.92. The van der Waals surface area contributed by atoms with Gasteiger partial charge in [0.25, 0.3) is 5.56 Å². The van der Waals surface area contributed by atoms with Crippen LogP contribution >= 0.6 is 0 Å². The van der Waals surface area contributed by atoms with E-state index in [-0.39, 0.29) is 11.8 Å². The molecule has 1 aromatic rings. The highest BCUT2D eigenvalue weighted by atomic mass is 16.7. The van der Waals surface area contributed by atoms with Crippen LogP contribution in [0.5, 0.6) is 0 Å². The topological polar surface area (TPSA) is 76.2 Å². The van der Waals surface area contributed by atoms with Gasteiger partial charge in [0.1, 0.15) is 5.82 Å². The zero-order valence-corrected chi connectivity index (χ0v) is 8.11. The highest BCUT2D eigenvalue weighted by molar-refractivity contribution is 5.31. The van der Waals surface area contributed by atoms with Gasteiger partial charge in [-0.3, -0.25) is 4.79 Å². The third-order valence-electron chi connectivity index (χ3n) is 1.65. The lowest BCUT2D eigenvalue weighted by atomic mass is 10.5. The molecule has 0 saturated heterocycles. The van der Waals surface area contributed by atoms with Crippen molar-refractivity contribution >= 4 is 5.82 Å². The smallest absolute Gasteiger partial charge is 0.264 e. The van der Waals surface area contributed by atoms with E-state index in [2.05, 4.69) is 15.5 Å². The molecule has 0 fully saturated rings. The highest BCUT2D eigenvalue weighted by Crippen LogP contribution is 1.98. The molecule has 6 nitrogen and oxygen atoms in total. The highest BCUT2D eigenvalue weighted by Gasteiger charge is 2.04. The van der Waals surface area contributed by atoms with Crippen molar-refractivity contribution in [2.75, 3.05) is 26.1 Å². The Hall–Kier alpha value is -1.40. The number of anilines is 1. The second-order valence-corrected chi connectivity index (χ2v) is 2.59. The summed E-state index contributed by atoms with van der Waals surface area (Å²) in [6.07, 6.45) is -0.330. The average Bonchev–Trinajstić information content (AvgIpc) is 2.22. The first-order valence-corrected chi connectivity index (χ1v) is 4.11. The van der Waals surface area contributed by atoms with Crippen molar-refractivity contribution < 1.29 is 9.47 Å². The van der Waals surface area contributed by atoms with E-state index >= 15 is 0 Å². The molecule has 0 radical (unpaired) electrons. The number of H-pyrrole nitrogens is 1. The second kappa shape index (κ2) is 5.36. The van der Waals surface area contributed by atoms with Gasteiger partial charge in [0.2, 0.25) is 0 Å². The van der Waals surface area contributed by atoms with Crippen LogP contribution < -0.4 is 10.9 Å². The summed E-state index contributed by atoms with van der Waals surface area (Å²) in [5, 5.41) is 9.01. The fourth-order valence-corrected chi connectivity index (χ4v) is 0.894. The van der Waals surface area contributed by atoms with E-state index in [0.29, 0.717) is 12.4 Å². The minimum Gasteiger partial charge on any atom is -0.364 e. The molecule has 1 heterocycles. The Morgan fingerprint density at radius 3 is 2.71 bits per heavy atom. The first kappa shape index (κ1) is 10.7. The molecular formula is C8H13N3O3. The fourth-order valence-electron chi connectivity index (χ4n) is 0.894. The largest absolute Gasteiger partial charge is 0.364 e. The third-order valence-corrected chi connectivity index (χ3v) is 1.65. The summed E-state index contributed by atoms with van der Waals surface area (Å²) >= 11 is 0. The Morgan fingerprint density at radius 1 is 1.50 bits per heavy atom. The summed E-state index contributed by atoms with van der Waals surface area (Å²) in [6.45, 7) is 0.464. The molecule has 0 spiro atoms. The van der Waals surface area contributed by atoms with Gasteiger partial charge in [0.15, 0.2) is 6.29 Å². The van der Waals surface area contributed by atoms with Gasteiger partial charge in [-0.1, -0.05) is 0 Å². The molecule has 0 aliphatic rings. The lowest BCUT2D eigenvalue weighted by Gasteiger charge is -2.13. The van der Waals surface area contributed by atoms with Crippen molar-refractivity contribution in [3.8, 4) is 0 Å². The van der Waals surface area contributed by atoms with E-state index in [1.807, 2.05) is 0 Å². The standard InChI is InChI=1S/C8H13N3O3/c1-13-8(14-2)5-9-6-3-4-7(12)11-10-6/h3-4,8H,5H2,1-2H3,(H,9,10)(H,11,12). The molecule has 0 aliphatic heterocycles. The summed E-state index contributed by atoms with van der Waals surface area (Å²) in [5.74, 6) is 0.573. The number of hydrogen-bond acceptors (Lipinski definition) is 5. The van der Waals surface area contributed by atoms with Crippen molar-refractivity contribution in [1.82, 2.24) is 10.2 Å². The first-order valence-electron chi connectivity index (χ1n) is 4.11. The Labute approximate surface area is 81.2 Å². The number of hydrogen-bond donors (Lipinski definition) is 2. The van der Waals surface area contributed by atoms with Crippen LogP contribution in [0.15, 0.2) is 16.9 Å². The van der Waals surface area contributed by atoms with Crippen molar-refractivity contribution in [2.24, 2.45) is 0 Å². The van der Waals surface area contributed by atoms with Crippen molar-refractivity contribution in [3.05, 3.63) is 22.5 Å². The van der Waals surface area contributed by atoms with Gasteiger partial charge in [-0.25, -0.2) is 5.10 Å². The predicted molar refractivity (Wildman–Crippen MR) is 51.2 cm³/mol. The molecule has 0 saturated carbocycles. The molecule has 0 amide bonds. The van der Waals surface area contributed by atoms with E-state index in [9.17, 15) is 4.79 Å². The first-order chi connectivity index (χ1) is 6.76. The van der Waals surface area contributed by atoms with E-state index in [4.69, 9.17) is 9.47 Å². The molecule has 0 aliphatic carbocycles. The number of nitrogens with one attached hydrogen (secondary N) is 2. The van der Waals surface area contributed by atoms with Crippen LogP contribution in [0.3, 0.4) is 0 Å². The number of nitrogens with zero attached hydrogens (tertiary/aromatic N) is 1. The van der Waals surface area contributed by atoms with E-state index < -0.39 is 0 Å². The summed E-state index contributed by atoms with van der Waals surface area (Å²) in [7, 11) is 3.10. The molecule has 6 heteroatoms. The number of rotatable bonds is 5. The van der Waals surface area contributed by atoms with Crippen LogP contribution in [-0.4, -0.2) is 37.3 Å². The molecule has 1 rings (SSSR count). The van der Waals surface area contributed by atoms with Gasteiger partial charge < -0.3 is 14.8 Å². The number of aromatic nitrogens is 2. The average molecular weight is 199 g/mol. The molecule has 78 valence electrons. The molecule has 1 aromatic heterocycles. The van der Waals surface area contributed by atoms with Crippen LogP contribution in [0.25, 0.3) is 0 Å². The fraction of sp³-hybridized carbons (Fsp3) is 0.500. The molecule has 2 N–H and O–H groups in total. The molecular weight excluding hydrogens is 186 g/mol. The number of methoxy groups -OCH3 is 2. The Kier molecular flexibility index (Phi) is 4.09. The van der Waals surface area contributed by atoms with E-state index in [0.717, 1.165) is 0 Å². The molecule has 14 heavy (non-hydrogen) atoms. The Morgan fingerprint density at radius 2 is 2.21 bits per heavy atom. The van der Waals surface area contributed by atoms with E-state index in [1.165, 1.54) is 6.07 Å². The lowest BCUT2D eigenvalue weighted by Crippen LogP contribution is -2.24. The number of ether oxygens (including phenoxy) is 2. The Bertz CT molecular complexity index is 301. The van der Waals surface area contributed by atoms with Gasteiger partial charge in [-0.15, -0.1) is 0 Å². The third kappa shape index (κ3) is 3.15. The predicted octanol–water partition coefficient (Wildman–Crippen LogP) is -0.199. The minimum absolute atomic E-state index is 0.231. The lowest BCUT2D eigenvalue weighted by molar-refractivity contribution is -0.0914. The van der Waals surface area contributed by atoms with Crippen molar-refractivity contribution in [2.45, 2.75) is 6.29 Å². The zero-order chi connectivity index (χ0) is 10.4. The molecule has 0 atom stereocenters. The quantitative estimate of drug-likeness (QED) is 0.642. The molecule has 0 bridgehead atoms. The normalized spacial score (nSPS) is 10.5. The number of aromatic amines is 1. The Balaban J connectivity index is 2.45. The van der Waals surface area contributed by atoms with Gasteiger partial charge in [-0.2, -0.15) is 5.10 Å². The van der Waals surface area contributed by atoms with Crippen LogP contribution in [-0.2, 0) is 9.47 Å². The van der Waals surface area contributed by atoms with Crippen molar-refractivity contribution in [1.29, 1.82) is 0 Å².